The van der Waals surface area contributed by atoms with Crippen molar-refractivity contribution in [3.63, 3.8) is 0 Å². The van der Waals surface area contributed by atoms with Crippen molar-refractivity contribution in [3.8, 4) is 11.3 Å². The fourth-order valence-corrected chi connectivity index (χ4v) is 4.06. The molecule has 1 amide bonds. The largest absolute Gasteiger partial charge is 0.394 e. The number of amides is 1. The average molecular weight is 462 g/mol. The maximum Gasteiger partial charge on any atom is 0.271 e. The lowest BCUT2D eigenvalue weighted by Gasteiger charge is -2.28. The van der Waals surface area contributed by atoms with Gasteiger partial charge in [0.05, 0.1) is 18.3 Å². The molecule has 3 heterocycles. The highest BCUT2D eigenvalue weighted by atomic mass is 16.3. The van der Waals surface area contributed by atoms with Crippen LogP contribution in [0.5, 0.6) is 0 Å². The predicted molar refractivity (Wildman–Crippen MR) is 136 cm³/mol. The van der Waals surface area contributed by atoms with Gasteiger partial charge in [-0.2, -0.15) is 0 Å². The third-order valence-electron chi connectivity index (χ3n) is 6.11. The molecule has 34 heavy (non-hydrogen) atoms. The molecule has 1 aliphatic heterocycles. The van der Waals surface area contributed by atoms with Crippen LogP contribution in [-0.2, 0) is 0 Å². The number of aliphatic hydroxyl groups is 1. The summed E-state index contributed by atoms with van der Waals surface area (Å²) >= 11 is 0. The number of carbonyl (C=O) groups is 1. The first kappa shape index (κ1) is 23.5. The molecule has 0 aliphatic carbocycles. The van der Waals surface area contributed by atoms with Crippen molar-refractivity contribution >= 4 is 23.1 Å². The molecule has 1 aliphatic rings. The van der Waals surface area contributed by atoms with Crippen molar-refractivity contribution in [1.82, 2.24) is 9.97 Å². The number of aromatic nitrogens is 2. The second kappa shape index (κ2) is 11.0. The van der Waals surface area contributed by atoms with E-state index in [9.17, 15) is 14.7 Å². The summed E-state index contributed by atoms with van der Waals surface area (Å²) in [6.45, 7) is 4.07. The summed E-state index contributed by atoms with van der Waals surface area (Å²) in [5, 5.41) is 15.3. The zero-order valence-corrected chi connectivity index (χ0v) is 19.4. The Kier molecular flexibility index (Phi) is 7.59. The van der Waals surface area contributed by atoms with Gasteiger partial charge in [-0.15, -0.1) is 0 Å². The van der Waals surface area contributed by atoms with Crippen LogP contribution in [0.3, 0.4) is 0 Å². The Hall–Kier alpha value is -3.65. The Morgan fingerprint density at radius 3 is 2.62 bits per heavy atom. The monoisotopic (exact) mass is 461 g/mol. The number of piperidine rings is 1. The number of pyridine rings is 2. The maximum absolute atomic E-state index is 12.8. The van der Waals surface area contributed by atoms with Crippen LogP contribution < -0.4 is 21.1 Å². The molecule has 3 aromatic rings. The van der Waals surface area contributed by atoms with Crippen LogP contribution in [0, 0.1) is 0 Å². The summed E-state index contributed by atoms with van der Waals surface area (Å²) in [7, 11) is 0. The molecule has 8 heteroatoms. The standard InChI is InChI=1S/C26H31N5O3/c1-2-20(17-32)28-24-8-6-7-22(29-24)19-15-23(26(34)27-16-19)30-25(33)18-9-11-21(12-10-18)31-13-4-3-5-14-31/h6-12,15-16,20,32H,2-5,13-14,17H2,1H3,(H,27,34)(H,28,29)(H,30,33)/t20-/m0/s1. The minimum atomic E-state index is -0.386. The fourth-order valence-electron chi connectivity index (χ4n) is 4.06. The number of nitrogens with zero attached hydrogens (tertiary/aromatic N) is 2. The third-order valence-corrected chi connectivity index (χ3v) is 6.11. The number of aromatic amines is 1. The van der Waals surface area contributed by atoms with E-state index >= 15 is 0 Å². The number of rotatable bonds is 8. The van der Waals surface area contributed by atoms with Gasteiger partial charge in [-0.25, -0.2) is 4.98 Å². The maximum atomic E-state index is 12.8. The summed E-state index contributed by atoms with van der Waals surface area (Å²) in [6, 6.07) is 14.5. The van der Waals surface area contributed by atoms with E-state index in [1.165, 1.54) is 19.3 Å². The van der Waals surface area contributed by atoms with E-state index in [0.717, 1.165) is 25.2 Å². The number of anilines is 3. The first-order valence-electron chi connectivity index (χ1n) is 11.8. The van der Waals surface area contributed by atoms with Gasteiger partial charge in [0.15, 0.2) is 0 Å². The number of H-pyrrole nitrogens is 1. The van der Waals surface area contributed by atoms with Crippen molar-refractivity contribution in [2.45, 2.75) is 38.6 Å². The van der Waals surface area contributed by atoms with E-state index in [0.29, 0.717) is 22.6 Å². The molecule has 0 spiro atoms. The van der Waals surface area contributed by atoms with Gasteiger partial charge in [-0.05, 0) is 68.1 Å². The SMILES string of the molecule is CC[C@@H](CO)Nc1cccc(-c2c[nH]c(=O)c(NC(=O)c3ccc(N4CCCCC4)cc3)c2)n1. The van der Waals surface area contributed by atoms with Gasteiger partial charge in [0.1, 0.15) is 11.5 Å². The van der Waals surface area contributed by atoms with Crippen LogP contribution in [0.1, 0.15) is 43.0 Å². The van der Waals surface area contributed by atoms with Gasteiger partial charge >= 0.3 is 0 Å². The number of hydrogen-bond acceptors (Lipinski definition) is 6. The molecule has 0 saturated carbocycles. The predicted octanol–water partition coefficient (Wildman–Crippen LogP) is 3.86. The van der Waals surface area contributed by atoms with Crippen LogP contribution in [0.25, 0.3) is 11.3 Å². The van der Waals surface area contributed by atoms with Crippen molar-refractivity contribution in [2.75, 3.05) is 35.2 Å². The van der Waals surface area contributed by atoms with Gasteiger partial charge in [-0.3, -0.25) is 9.59 Å². The van der Waals surface area contributed by atoms with Crippen molar-refractivity contribution in [1.29, 1.82) is 0 Å². The topological polar surface area (TPSA) is 110 Å². The summed E-state index contributed by atoms with van der Waals surface area (Å²) in [4.78, 5) is 34.8. The molecule has 0 bridgehead atoms. The smallest absolute Gasteiger partial charge is 0.271 e. The van der Waals surface area contributed by atoms with Crippen molar-refractivity contribution in [3.05, 3.63) is 70.6 Å². The van der Waals surface area contributed by atoms with E-state index in [2.05, 4.69) is 25.5 Å². The lowest BCUT2D eigenvalue weighted by molar-refractivity contribution is 0.102. The van der Waals surface area contributed by atoms with Crippen LogP contribution in [0.2, 0.25) is 0 Å². The molecule has 1 saturated heterocycles. The van der Waals surface area contributed by atoms with Crippen molar-refractivity contribution in [2.24, 2.45) is 0 Å². The highest BCUT2D eigenvalue weighted by molar-refractivity contribution is 6.04. The number of nitrogens with one attached hydrogen (secondary N) is 3. The van der Waals surface area contributed by atoms with E-state index in [1.54, 1.807) is 24.4 Å². The molecule has 0 radical (unpaired) electrons. The Morgan fingerprint density at radius 2 is 1.91 bits per heavy atom. The normalized spacial score (nSPS) is 14.5. The molecule has 8 nitrogen and oxygen atoms in total. The average Bonchev–Trinajstić information content (AvgIpc) is 2.89. The van der Waals surface area contributed by atoms with E-state index in [1.807, 2.05) is 37.3 Å². The van der Waals surface area contributed by atoms with Crippen LogP contribution in [-0.4, -0.2) is 46.7 Å². The van der Waals surface area contributed by atoms with Gasteiger partial charge in [0, 0.05) is 36.1 Å². The molecule has 4 rings (SSSR count). The van der Waals surface area contributed by atoms with Gasteiger partial charge in [0.2, 0.25) is 0 Å². The molecule has 4 N–H and O–H groups in total. The first-order chi connectivity index (χ1) is 16.6. The van der Waals surface area contributed by atoms with Gasteiger partial charge in [-0.1, -0.05) is 13.0 Å². The van der Waals surface area contributed by atoms with Crippen LogP contribution in [0.4, 0.5) is 17.2 Å². The highest BCUT2D eigenvalue weighted by Gasteiger charge is 2.14. The Balaban J connectivity index is 1.49. The van der Waals surface area contributed by atoms with Crippen LogP contribution >= 0.6 is 0 Å². The minimum absolute atomic E-state index is 0.0102. The minimum Gasteiger partial charge on any atom is -0.394 e. The first-order valence-corrected chi connectivity index (χ1v) is 11.8. The zero-order valence-electron chi connectivity index (χ0n) is 19.4. The second-order valence-electron chi connectivity index (χ2n) is 8.52. The van der Waals surface area contributed by atoms with Crippen molar-refractivity contribution < 1.29 is 9.90 Å². The summed E-state index contributed by atoms with van der Waals surface area (Å²) < 4.78 is 0. The number of carbonyl (C=O) groups excluding carboxylic acids is 1. The second-order valence-corrected chi connectivity index (χ2v) is 8.52. The molecule has 1 aromatic carbocycles. The lowest BCUT2D eigenvalue weighted by atomic mass is 10.1. The fraction of sp³-hybridized carbons (Fsp3) is 0.346. The highest BCUT2D eigenvalue weighted by Crippen LogP contribution is 2.22. The molecule has 1 fully saturated rings. The Morgan fingerprint density at radius 1 is 1.15 bits per heavy atom. The molecule has 1 atom stereocenters. The number of hydrogen-bond donors (Lipinski definition) is 4. The summed E-state index contributed by atoms with van der Waals surface area (Å²) in [6.07, 6.45) is 5.98. The quantitative estimate of drug-likeness (QED) is 0.405. The lowest BCUT2D eigenvalue weighted by Crippen LogP contribution is -2.29. The van der Waals surface area contributed by atoms with E-state index in [-0.39, 0.29) is 29.8 Å². The van der Waals surface area contributed by atoms with Gasteiger partial charge in [0.25, 0.3) is 11.5 Å². The Bertz CT molecular complexity index is 1170. The molecule has 0 unspecified atom stereocenters. The molecule has 2 aromatic heterocycles. The van der Waals surface area contributed by atoms with E-state index < -0.39 is 0 Å². The summed E-state index contributed by atoms with van der Waals surface area (Å²) in [5.74, 6) is 0.286. The number of aliphatic hydroxyl groups excluding tert-OH is 1. The van der Waals surface area contributed by atoms with E-state index in [4.69, 9.17) is 0 Å². The van der Waals surface area contributed by atoms with Crippen LogP contribution in [0.15, 0.2) is 59.5 Å². The summed E-state index contributed by atoms with van der Waals surface area (Å²) in [5.41, 5.74) is 2.67. The zero-order chi connectivity index (χ0) is 23.9. The molecule has 178 valence electrons. The Labute approximate surface area is 199 Å². The number of benzene rings is 1. The molecular weight excluding hydrogens is 430 g/mol. The van der Waals surface area contributed by atoms with Gasteiger partial charge < -0.3 is 25.6 Å². The third kappa shape index (κ3) is 5.63. The molecular formula is C26H31N5O3.